The zero-order valence-electron chi connectivity index (χ0n) is 21.2. The number of aliphatic hydroxyl groups is 1. The average molecular weight is 489 g/mol. The Hall–Kier alpha value is -1.74. The molecule has 0 amide bonds. The SMILES string of the molecule is Cc1cc(C#N)ccc1NC(C1CC[C@H]2[C@@H]3CC[C@@H]4C[C@](C)(O)CC[C@@H]4[C@H]3CC[C@]12C)C(F)(F)F. The fraction of sp³-hybridized carbons (Fsp3) is 0.759. The monoisotopic (exact) mass is 488 g/mol. The number of benzene rings is 1. The number of rotatable bonds is 3. The molecule has 9 atom stereocenters. The zero-order chi connectivity index (χ0) is 25.2. The van der Waals surface area contributed by atoms with Gasteiger partial charge in [0.15, 0.2) is 0 Å². The van der Waals surface area contributed by atoms with E-state index in [1.165, 1.54) is 0 Å². The molecule has 0 radical (unpaired) electrons. The van der Waals surface area contributed by atoms with Gasteiger partial charge in [-0.15, -0.1) is 0 Å². The van der Waals surface area contributed by atoms with E-state index in [9.17, 15) is 18.3 Å². The second-order valence-electron chi connectivity index (χ2n) is 12.7. The van der Waals surface area contributed by atoms with E-state index < -0.39 is 23.7 Å². The first-order valence-corrected chi connectivity index (χ1v) is 13.5. The van der Waals surface area contributed by atoms with Gasteiger partial charge < -0.3 is 10.4 Å². The number of nitrogens with zero attached hydrogens (tertiary/aromatic N) is 1. The molecule has 1 aromatic rings. The van der Waals surface area contributed by atoms with Gasteiger partial charge in [-0.05, 0) is 136 Å². The number of nitriles is 1. The summed E-state index contributed by atoms with van der Waals surface area (Å²) in [6.07, 6.45) is 4.07. The number of hydrogen-bond donors (Lipinski definition) is 2. The Morgan fingerprint density at radius 2 is 1.77 bits per heavy atom. The Balaban J connectivity index is 1.38. The minimum absolute atomic E-state index is 0.318. The van der Waals surface area contributed by atoms with Crippen molar-refractivity contribution in [1.29, 1.82) is 5.26 Å². The number of hydrogen-bond acceptors (Lipinski definition) is 3. The van der Waals surface area contributed by atoms with Gasteiger partial charge in [0.25, 0.3) is 0 Å². The summed E-state index contributed by atoms with van der Waals surface area (Å²) in [6, 6.07) is 5.35. The largest absolute Gasteiger partial charge is 0.408 e. The summed E-state index contributed by atoms with van der Waals surface area (Å²) >= 11 is 0. The molecule has 1 aromatic carbocycles. The van der Waals surface area contributed by atoms with Gasteiger partial charge >= 0.3 is 6.18 Å². The molecule has 6 heteroatoms. The maximum Gasteiger partial charge on any atom is 0.408 e. The molecule has 2 unspecified atom stereocenters. The highest BCUT2D eigenvalue weighted by Gasteiger charge is 2.62. The van der Waals surface area contributed by atoms with Crippen molar-refractivity contribution < 1.29 is 18.3 Å². The third kappa shape index (κ3) is 4.37. The Morgan fingerprint density at radius 3 is 2.46 bits per heavy atom. The molecule has 5 rings (SSSR count). The molecule has 4 fully saturated rings. The van der Waals surface area contributed by atoms with E-state index in [1.807, 2.05) is 6.92 Å². The highest BCUT2D eigenvalue weighted by atomic mass is 19.4. The van der Waals surface area contributed by atoms with Crippen LogP contribution in [0.1, 0.15) is 82.8 Å². The summed E-state index contributed by atoms with van der Waals surface area (Å²) in [5, 5.41) is 22.6. The predicted molar refractivity (Wildman–Crippen MR) is 131 cm³/mol. The molecular weight excluding hydrogens is 449 g/mol. The molecule has 0 aliphatic heterocycles. The molecular formula is C29H39F3N2O. The van der Waals surface area contributed by atoms with Crippen LogP contribution < -0.4 is 5.32 Å². The average Bonchev–Trinajstić information content (AvgIpc) is 3.13. The van der Waals surface area contributed by atoms with E-state index in [2.05, 4.69) is 18.3 Å². The van der Waals surface area contributed by atoms with Gasteiger partial charge in [0.1, 0.15) is 6.04 Å². The molecule has 0 spiro atoms. The van der Waals surface area contributed by atoms with Crippen molar-refractivity contribution in [3.8, 4) is 6.07 Å². The van der Waals surface area contributed by atoms with Crippen LogP contribution in [-0.2, 0) is 0 Å². The van der Waals surface area contributed by atoms with Crippen molar-refractivity contribution in [2.24, 2.45) is 40.9 Å². The lowest BCUT2D eigenvalue weighted by molar-refractivity contribution is -0.169. The summed E-state index contributed by atoms with van der Waals surface area (Å²) < 4.78 is 43.7. The van der Waals surface area contributed by atoms with E-state index in [0.29, 0.717) is 52.8 Å². The quantitative estimate of drug-likeness (QED) is 0.472. The maximum atomic E-state index is 14.6. The van der Waals surface area contributed by atoms with Crippen LogP contribution in [0.3, 0.4) is 0 Å². The van der Waals surface area contributed by atoms with Gasteiger partial charge in [0.2, 0.25) is 0 Å². The van der Waals surface area contributed by atoms with Crippen LogP contribution >= 0.6 is 0 Å². The summed E-state index contributed by atoms with van der Waals surface area (Å²) in [5.41, 5.74) is 0.741. The van der Waals surface area contributed by atoms with Crippen LogP contribution in [0, 0.1) is 59.2 Å². The normalized spacial score (nSPS) is 41.8. The maximum absolute atomic E-state index is 14.6. The summed E-state index contributed by atoms with van der Waals surface area (Å²) in [6.45, 7) is 5.88. The van der Waals surface area contributed by atoms with Gasteiger partial charge in [0.05, 0.1) is 17.2 Å². The highest BCUT2D eigenvalue weighted by Crippen LogP contribution is 2.66. The van der Waals surface area contributed by atoms with Crippen molar-refractivity contribution in [2.75, 3.05) is 5.32 Å². The van der Waals surface area contributed by atoms with Gasteiger partial charge in [-0.3, -0.25) is 0 Å². The Bertz CT molecular complexity index is 999. The molecule has 192 valence electrons. The third-order valence-electron chi connectivity index (χ3n) is 10.7. The number of alkyl halides is 3. The van der Waals surface area contributed by atoms with Crippen molar-refractivity contribution in [1.82, 2.24) is 0 Å². The fourth-order valence-corrected chi connectivity index (χ4v) is 9.14. The molecule has 2 N–H and O–H groups in total. The topological polar surface area (TPSA) is 56.0 Å². The van der Waals surface area contributed by atoms with Crippen LogP contribution in [0.5, 0.6) is 0 Å². The highest BCUT2D eigenvalue weighted by molar-refractivity contribution is 5.55. The first-order valence-electron chi connectivity index (χ1n) is 13.5. The smallest absolute Gasteiger partial charge is 0.390 e. The second kappa shape index (κ2) is 8.68. The van der Waals surface area contributed by atoms with Crippen molar-refractivity contribution >= 4 is 5.69 Å². The van der Waals surface area contributed by atoms with Crippen LogP contribution in [0.4, 0.5) is 18.9 Å². The summed E-state index contributed by atoms with van der Waals surface area (Å²) in [4.78, 5) is 0. The van der Waals surface area contributed by atoms with Gasteiger partial charge in [0, 0.05) is 5.69 Å². The molecule has 35 heavy (non-hydrogen) atoms. The standard InChI is InChI=1S/C29H39F3N2O/c1-17-14-18(16-33)4-9-25(17)34-26(29(30,31)32)24-8-7-23-22-6-5-19-15-27(2,35)12-10-20(19)21(22)11-13-28(23,24)3/h4,9,14,19-24,26,34-35H,5-8,10-13,15H2,1-3H3/t19-,20+,21-,22-,23+,24?,26?,27-,28+/m1/s1. The van der Waals surface area contributed by atoms with Crippen LogP contribution in [0.2, 0.25) is 0 Å². The molecule has 0 saturated heterocycles. The summed E-state index contributed by atoms with van der Waals surface area (Å²) in [5.74, 6) is 2.24. The van der Waals surface area contributed by atoms with E-state index in [0.717, 1.165) is 51.4 Å². The Kier molecular flexibility index (Phi) is 6.18. The minimum Gasteiger partial charge on any atom is -0.390 e. The number of fused-ring (bicyclic) bond motifs is 5. The lowest BCUT2D eigenvalue weighted by atomic mass is 9.48. The fourth-order valence-electron chi connectivity index (χ4n) is 9.14. The van der Waals surface area contributed by atoms with E-state index >= 15 is 0 Å². The Morgan fingerprint density at radius 1 is 1.03 bits per heavy atom. The zero-order valence-corrected chi connectivity index (χ0v) is 21.2. The lowest BCUT2D eigenvalue weighted by Gasteiger charge is -2.57. The van der Waals surface area contributed by atoms with Crippen molar-refractivity contribution in [3.05, 3.63) is 29.3 Å². The molecule has 0 aromatic heterocycles. The van der Waals surface area contributed by atoms with Crippen molar-refractivity contribution in [2.45, 2.75) is 96.4 Å². The van der Waals surface area contributed by atoms with Gasteiger partial charge in [-0.25, -0.2) is 0 Å². The number of anilines is 1. The Labute approximate surface area is 207 Å². The van der Waals surface area contributed by atoms with Crippen LogP contribution in [-0.4, -0.2) is 22.9 Å². The molecule has 3 nitrogen and oxygen atoms in total. The number of nitrogens with one attached hydrogen (secondary N) is 1. The van der Waals surface area contributed by atoms with Gasteiger partial charge in [-0.2, -0.15) is 18.4 Å². The van der Waals surface area contributed by atoms with Crippen molar-refractivity contribution in [3.63, 3.8) is 0 Å². The molecule has 4 aliphatic carbocycles. The second-order valence-corrected chi connectivity index (χ2v) is 12.7. The molecule has 0 bridgehead atoms. The molecule has 4 aliphatic rings. The third-order valence-corrected chi connectivity index (χ3v) is 10.7. The lowest BCUT2D eigenvalue weighted by Crippen LogP contribution is -2.54. The number of halogens is 3. The number of aryl methyl sites for hydroxylation is 1. The summed E-state index contributed by atoms with van der Waals surface area (Å²) in [7, 11) is 0. The predicted octanol–water partition coefficient (Wildman–Crippen LogP) is 7.23. The van der Waals surface area contributed by atoms with E-state index in [-0.39, 0.29) is 5.41 Å². The van der Waals surface area contributed by atoms with E-state index in [4.69, 9.17) is 5.26 Å². The van der Waals surface area contributed by atoms with Gasteiger partial charge in [-0.1, -0.05) is 6.92 Å². The molecule has 4 saturated carbocycles. The molecule has 0 heterocycles. The van der Waals surface area contributed by atoms with E-state index in [1.54, 1.807) is 25.1 Å². The first-order chi connectivity index (χ1) is 16.4. The minimum atomic E-state index is -4.34. The van der Waals surface area contributed by atoms with Crippen LogP contribution in [0.25, 0.3) is 0 Å². The van der Waals surface area contributed by atoms with Crippen LogP contribution in [0.15, 0.2) is 18.2 Å². The first kappa shape index (κ1) is 24.9.